The van der Waals surface area contributed by atoms with Gasteiger partial charge in [-0.2, -0.15) is 0 Å². The quantitative estimate of drug-likeness (QED) is 0.656. The van der Waals surface area contributed by atoms with Gasteiger partial charge in [0.05, 0.1) is 6.61 Å². The summed E-state index contributed by atoms with van der Waals surface area (Å²) in [6.45, 7) is 2.61. The van der Waals surface area contributed by atoms with E-state index < -0.39 is 0 Å². The van der Waals surface area contributed by atoms with Crippen LogP contribution in [0.4, 0.5) is 4.39 Å². The Kier molecular flexibility index (Phi) is 7.02. The molecule has 2 aromatic carbocycles. The maximum absolute atomic E-state index is 12.9. The van der Waals surface area contributed by atoms with Crippen molar-refractivity contribution < 1.29 is 13.9 Å². The summed E-state index contributed by atoms with van der Waals surface area (Å²) in [6, 6.07) is 13.8. The molecule has 2 aromatic rings. The van der Waals surface area contributed by atoms with Crippen molar-refractivity contribution in [3.8, 4) is 0 Å². The number of carbonyl (C=O) groups excluding carboxylic acids is 1. The summed E-state index contributed by atoms with van der Waals surface area (Å²) in [5.41, 5.74) is 1.81. The van der Waals surface area contributed by atoms with E-state index in [1.807, 2.05) is 29.2 Å². The van der Waals surface area contributed by atoms with Crippen LogP contribution in [0, 0.1) is 11.7 Å². The average molecular weight is 388 g/mol. The Balaban J connectivity index is 1.40. The van der Waals surface area contributed by atoms with Gasteiger partial charge >= 0.3 is 0 Å². The molecule has 1 fully saturated rings. The molecule has 0 saturated carbocycles. The average Bonchev–Trinajstić information content (AvgIpc) is 2.69. The van der Waals surface area contributed by atoms with Crippen LogP contribution in [0.3, 0.4) is 0 Å². The number of carbonyl (C=O) groups is 1. The highest BCUT2D eigenvalue weighted by molar-refractivity contribution is 6.32. The molecular formula is C22H23ClFNO2. The second kappa shape index (κ2) is 9.67. The number of likely N-dealkylation sites (tertiary alicyclic amines) is 1. The van der Waals surface area contributed by atoms with Crippen LogP contribution < -0.4 is 0 Å². The molecule has 3 nitrogen and oxygen atoms in total. The van der Waals surface area contributed by atoms with Gasteiger partial charge in [0.1, 0.15) is 5.82 Å². The van der Waals surface area contributed by atoms with Gasteiger partial charge < -0.3 is 9.64 Å². The molecule has 0 bridgehead atoms. The largest absolute Gasteiger partial charge is 0.376 e. The molecule has 1 amide bonds. The first kappa shape index (κ1) is 19.6. The molecule has 0 atom stereocenters. The van der Waals surface area contributed by atoms with Crippen LogP contribution in [0.2, 0.25) is 5.02 Å². The molecule has 5 heteroatoms. The Bertz CT molecular complexity index is 783. The van der Waals surface area contributed by atoms with E-state index in [-0.39, 0.29) is 11.7 Å². The van der Waals surface area contributed by atoms with Gasteiger partial charge in [-0.15, -0.1) is 0 Å². The predicted octanol–water partition coefficient (Wildman–Crippen LogP) is 4.95. The van der Waals surface area contributed by atoms with Gasteiger partial charge in [0, 0.05) is 30.8 Å². The van der Waals surface area contributed by atoms with Crippen molar-refractivity contribution in [1.29, 1.82) is 0 Å². The monoisotopic (exact) mass is 387 g/mol. The zero-order valence-corrected chi connectivity index (χ0v) is 15.9. The standard InChI is InChI=1S/C22H23ClFNO2/c23-21-4-2-1-3-19(21)7-10-22(26)25-13-11-18(12-14-25)16-27-15-17-5-8-20(24)9-6-17/h1-10,18H,11-16H2/b10-7+. The van der Waals surface area contributed by atoms with Crippen LogP contribution in [0.1, 0.15) is 24.0 Å². The van der Waals surface area contributed by atoms with Crippen LogP contribution in [0.15, 0.2) is 54.6 Å². The van der Waals surface area contributed by atoms with Gasteiger partial charge in [0.15, 0.2) is 0 Å². The smallest absolute Gasteiger partial charge is 0.246 e. The molecule has 0 radical (unpaired) electrons. The second-order valence-corrected chi connectivity index (χ2v) is 7.17. The summed E-state index contributed by atoms with van der Waals surface area (Å²) >= 11 is 6.10. The summed E-state index contributed by atoms with van der Waals surface area (Å²) < 4.78 is 18.6. The zero-order valence-electron chi connectivity index (χ0n) is 15.1. The highest BCUT2D eigenvalue weighted by Crippen LogP contribution is 2.20. The Morgan fingerprint density at radius 3 is 2.56 bits per heavy atom. The number of ether oxygens (including phenoxy) is 1. The molecule has 1 aliphatic rings. The van der Waals surface area contributed by atoms with Gasteiger partial charge in [-0.25, -0.2) is 4.39 Å². The summed E-state index contributed by atoms with van der Waals surface area (Å²) in [7, 11) is 0. The first-order valence-electron chi connectivity index (χ1n) is 9.15. The van der Waals surface area contributed by atoms with E-state index in [0.29, 0.717) is 24.2 Å². The normalized spacial score (nSPS) is 15.4. The maximum Gasteiger partial charge on any atom is 0.246 e. The third kappa shape index (κ3) is 5.91. The van der Waals surface area contributed by atoms with E-state index in [9.17, 15) is 9.18 Å². The van der Waals surface area contributed by atoms with Crippen LogP contribution in [-0.2, 0) is 16.1 Å². The van der Waals surface area contributed by atoms with Crippen molar-refractivity contribution in [2.24, 2.45) is 5.92 Å². The molecule has 1 aliphatic heterocycles. The predicted molar refractivity (Wildman–Crippen MR) is 106 cm³/mol. The number of halogens is 2. The number of piperidine rings is 1. The van der Waals surface area contributed by atoms with Crippen molar-refractivity contribution in [2.45, 2.75) is 19.4 Å². The van der Waals surface area contributed by atoms with Crippen LogP contribution >= 0.6 is 11.6 Å². The Morgan fingerprint density at radius 2 is 1.85 bits per heavy atom. The van der Waals surface area contributed by atoms with Crippen molar-refractivity contribution in [2.75, 3.05) is 19.7 Å². The lowest BCUT2D eigenvalue weighted by Crippen LogP contribution is -2.38. The van der Waals surface area contributed by atoms with E-state index in [4.69, 9.17) is 16.3 Å². The molecule has 0 aromatic heterocycles. The first-order chi connectivity index (χ1) is 13.1. The van der Waals surface area contributed by atoms with Gasteiger partial charge in [-0.05, 0) is 54.2 Å². The number of rotatable bonds is 6. The minimum Gasteiger partial charge on any atom is -0.376 e. The van der Waals surface area contributed by atoms with Crippen molar-refractivity contribution in [3.63, 3.8) is 0 Å². The van der Waals surface area contributed by atoms with Crippen molar-refractivity contribution >= 4 is 23.6 Å². The Hall–Kier alpha value is -2.17. The SMILES string of the molecule is O=C(/C=C/c1ccccc1Cl)N1CCC(COCc2ccc(F)cc2)CC1. The van der Waals surface area contributed by atoms with E-state index in [1.54, 1.807) is 24.3 Å². The van der Waals surface area contributed by atoms with Gasteiger partial charge in [-0.1, -0.05) is 41.9 Å². The lowest BCUT2D eigenvalue weighted by atomic mass is 9.97. The molecule has 0 aliphatic carbocycles. The van der Waals surface area contributed by atoms with E-state index in [2.05, 4.69) is 0 Å². The topological polar surface area (TPSA) is 29.5 Å². The molecule has 1 heterocycles. The first-order valence-corrected chi connectivity index (χ1v) is 9.53. The van der Waals surface area contributed by atoms with Crippen LogP contribution in [-0.4, -0.2) is 30.5 Å². The fraction of sp³-hybridized carbons (Fsp3) is 0.318. The second-order valence-electron chi connectivity index (χ2n) is 6.77. The third-order valence-corrected chi connectivity index (χ3v) is 5.12. The minimum absolute atomic E-state index is 0.0144. The van der Waals surface area contributed by atoms with E-state index >= 15 is 0 Å². The molecule has 0 N–H and O–H groups in total. The summed E-state index contributed by atoms with van der Waals surface area (Å²) in [4.78, 5) is 14.2. The minimum atomic E-state index is -0.237. The fourth-order valence-electron chi connectivity index (χ4n) is 3.12. The zero-order chi connectivity index (χ0) is 19.1. The third-order valence-electron chi connectivity index (χ3n) is 4.77. The molecular weight excluding hydrogens is 365 g/mol. The number of nitrogens with zero attached hydrogens (tertiary/aromatic N) is 1. The van der Waals surface area contributed by atoms with Crippen LogP contribution in [0.25, 0.3) is 6.08 Å². The van der Waals surface area contributed by atoms with E-state index in [1.165, 1.54) is 12.1 Å². The highest BCUT2D eigenvalue weighted by atomic mass is 35.5. The maximum atomic E-state index is 12.9. The van der Waals surface area contributed by atoms with E-state index in [0.717, 1.165) is 37.1 Å². The molecule has 0 spiro atoms. The fourth-order valence-corrected chi connectivity index (χ4v) is 3.32. The van der Waals surface area contributed by atoms with Gasteiger partial charge in [0.25, 0.3) is 0 Å². The summed E-state index contributed by atoms with van der Waals surface area (Å²) in [5.74, 6) is 0.224. The number of hydrogen-bond donors (Lipinski definition) is 0. The number of amides is 1. The number of benzene rings is 2. The van der Waals surface area contributed by atoms with Gasteiger partial charge in [0.2, 0.25) is 5.91 Å². The Labute approximate surface area is 164 Å². The molecule has 142 valence electrons. The highest BCUT2D eigenvalue weighted by Gasteiger charge is 2.21. The number of hydrogen-bond acceptors (Lipinski definition) is 2. The molecule has 3 rings (SSSR count). The Morgan fingerprint density at radius 1 is 1.15 bits per heavy atom. The van der Waals surface area contributed by atoms with Crippen LogP contribution in [0.5, 0.6) is 0 Å². The lowest BCUT2D eigenvalue weighted by Gasteiger charge is -2.31. The lowest BCUT2D eigenvalue weighted by molar-refractivity contribution is -0.127. The van der Waals surface area contributed by atoms with Crippen molar-refractivity contribution in [3.05, 3.63) is 76.6 Å². The molecule has 1 saturated heterocycles. The summed E-state index contributed by atoms with van der Waals surface area (Å²) in [6.07, 6.45) is 5.21. The molecule has 0 unspecified atom stereocenters. The molecule has 27 heavy (non-hydrogen) atoms. The van der Waals surface area contributed by atoms with Gasteiger partial charge in [-0.3, -0.25) is 4.79 Å². The summed E-state index contributed by atoms with van der Waals surface area (Å²) in [5, 5.41) is 0.638. The van der Waals surface area contributed by atoms with Crippen molar-refractivity contribution in [1.82, 2.24) is 4.90 Å².